The van der Waals surface area contributed by atoms with Crippen molar-refractivity contribution in [2.24, 2.45) is 0 Å². The second-order valence-electron chi connectivity index (χ2n) is 12.0. The van der Waals surface area contributed by atoms with Crippen LogP contribution in [0.4, 0.5) is 4.79 Å². The number of rotatable bonds is 12. The Morgan fingerprint density at radius 2 is 2.05 bits per heavy atom. The molecule has 2 aromatic heterocycles. The predicted octanol–water partition coefficient (Wildman–Crippen LogP) is 5.39. The van der Waals surface area contributed by atoms with Crippen molar-refractivity contribution in [1.82, 2.24) is 19.8 Å². The molecule has 1 saturated heterocycles. The normalized spacial score (nSPS) is 18.3. The van der Waals surface area contributed by atoms with Crippen LogP contribution in [0.1, 0.15) is 52.0 Å². The molecule has 2 aromatic rings. The third-order valence-electron chi connectivity index (χ3n) is 7.33. The van der Waals surface area contributed by atoms with Crippen molar-refractivity contribution in [3.8, 4) is 5.88 Å². The summed E-state index contributed by atoms with van der Waals surface area (Å²) in [7, 11) is 1.58. The first-order valence-electron chi connectivity index (χ1n) is 14.9. The highest BCUT2D eigenvalue weighted by atomic mass is 16.6. The number of ether oxygens (including phenoxy) is 5. The van der Waals surface area contributed by atoms with Gasteiger partial charge in [-0.2, -0.15) is 0 Å². The molecule has 4 heterocycles. The smallest absolute Gasteiger partial charge is 0.417 e. The van der Waals surface area contributed by atoms with Gasteiger partial charge in [0, 0.05) is 31.8 Å². The van der Waals surface area contributed by atoms with E-state index in [1.165, 1.54) is 16.7 Å². The Morgan fingerprint density at radius 1 is 1.18 bits per heavy atom. The highest BCUT2D eigenvalue weighted by Gasteiger charge is 2.36. The number of carbonyl (C=O) groups is 2. The van der Waals surface area contributed by atoms with Crippen LogP contribution in [-0.2, 0) is 30.2 Å². The Balaban J connectivity index is 1.20. The minimum absolute atomic E-state index is 0.0999. The second-order valence-corrected chi connectivity index (χ2v) is 12.0. The molecule has 234 valence electrons. The number of carbonyl (C=O) groups excluding carboxylic acids is 2. The lowest BCUT2D eigenvalue weighted by Gasteiger charge is -2.26. The molecule has 11 nitrogen and oxygen atoms in total. The lowest BCUT2D eigenvalue weighted by molar-refractivity contribution is -0.156. The molecule has 1 fully saturated rings. The van der Waals surface area contributed by atoms with Gasteiger partial charge < -0.3 is 23.7 Å². The molecular formula is C33H40N4O7. The summed E-state index contributed by atoms with van der Waals surface area (Å²) < 4.78 is 28.1. The van der Waals surface area contributed by atoms with E-state index < -0.39 is 11.7 Å². The van der Waals surface area contributed by atoms with Crippen LogP contribution in [0.3, 0.4) is 0 Å². The molecule has 2 aliphatic heterocycles. The second kappa shape index (κ2) is 13.9. The van der Waals surface area contributed by atoms with Crippen LogP contribution in [0.25, 0.3) is 11.0 Å². The van der Waals surface area contributed by atoms with E-state index in [0.29, 0.717) is 56.4 Å². The van der Waals surface area contributed by atoms with Crippen LogP contribution in [-0.4, -0.2) is 76.8 Å². The number of nitrogens with zero attached hydrogens (tertiary/aromatic N) is 4. The quantitative estimate of drug-likeness (QED) is 0.292. The van der Waals surface area contributed by atoms with Crippen LogP contribution in [0.5, 0.6) is 5.88 Å². The summed E-state index contributed by atoms with van der Waals surface area (Å²) in [5.74, 6) is 1.14. The largest absolute Gasteiger partial charge is 0.481 e. The molecule has 11 heteroatoms. The molecule has 1 atom stereocenters. The predicted molar refractivity (Wildman–Crippen MR) is 163 cm³/mol. The number of aromatic nitrogens is 2. The number of pyridine rings is 2. The summed E-state index contributed by atoms with van der Waals surface area (Å²) in [6.07, 6.45) is 13.8. The number of hydrogen-bond donors (Lipinski definition) is 0. The average Bonchev–Trinajstić information content (AvgIpc) is 3.38. The Bertz CT molecular complexity index is 1490. The molecule has 44 heavy (non-hydrogen) atoms. The fraction of sp³-hybridized carbons (Fsp3) is 0.455. The Hall–Kier alpha value is -4.38. The van der Waals surface area contributed by atoms with E-state index in [-0.39, 0.29) is 18.6 Å². The van der Waals surface area contributed by atoms with Crippen LogP contribution >= 0.6 is 0 Å². The zero-order chi connectivity index (χ0) is 31.1. The van der Waals surface area contributed by atoms with E-state index in [1.807, 2.05) is 43.9 Å². The highest BCUT2D eigenvalue weighted by Crippen LogP contribution is 2.29. The molecule has 1 amide bonds. The van der Waals surface area contributed by atoms with Crippen LogP contribution < -0.4 is 4.74 Å². The third kappa shape index (κ3) is 8.37. The topological polar surface area (TPSA) is 113 Å². The molecule has 1 aliphatic carbocycles. The van der Waals surface area contributed by atoms with Gasteiger partial charge in [-0.05, 0) is 64.2 Å². The number of methoxy groups -OCH3 is 1. The summed E-state index contributed by atoms with van der Waals surface area (Å²) in [6, 6.07) is 5.59. The fourth-order valence-corrected chi connectivity index (χ4v) is 5.23. The first-order valence-corrected chi connectivity index (χ1v) is 14.9. The van der Waals surface area contributed by atoms with E-state index in [2.05, 4.69) is 22.1 Å². The minimum Gasteiger partial charge on any atom is -0.481 e. The fourth-order valence-electron chi connectivity index (χ4n) is 5.23. The van der Waals surface area contributed by atoms with E-state index in [0.717, 1.165) is 29.4 Å². The van der Waals surface area contributed by atoms with Crippen LogP contribution in [0, 0.1) is 0 Å². The number of amides is 1. The van der Waals surface area contributed by atoms with Crippen molar-refractivity contribution in [2.75, 3.05) is 33.3 Å². The maximum absolute atomic E-state index is 12.8. The van der Waals surface area contributed by atoms with Gasteiger partial charge in [-0.3, -0.25) is 14.7 Å². The van der Waals surface area contributed by atoms with Crippen molar-refractivity contribution >= 4 is 23.1 Å². The molecule has 1 unspecified atom stereocenters. The SMILES string of the molecule is COc1ccc2nccc(CCN(CCC3CN(C4=COC=C(CC5=CC=CCC5)O4)C(=O)O3)CC(=O)OC(C)(C)C)c2n1. The summed E-state index contributed by atoms with van der Waals surface area (Å²) in [5.41, 5.74) is 3.17. The number of cyclic esters (lactones) is 1. The molecule has 0 saturated carbocycles. The molecular weight excluding hydrogens is 564 g/mol. The Kier molecular flexibility index (Phi) is 9.84. The van der Waals surface area contributed by atoms with Gasteiger partial charge in [0.1, 0.15) is 23.7 Å². The first kappa shape index (κ1) is 31.1. The van der Waals surface area contributed by atoms with Gasteiger partial charge in [0.2, 0.25) is 11.8 Å². The number of fused-ring (bicyclic) bond motifs is 1. The maximum atomic E-state index is 12.8. The van der Waals surface area contributed by atoms with Gasteiger partial charge in [-0.25, -0.2) is 14.7 Å². The lowest BCUT2D eigenvalue weighted by Crippen LogP contribution is -2.38. The molecule has 0 aromatic carbocycles. The molecule has 0 spiro atoms. The van der Waals surface area contributed by atoms with Crippen molar-refractivity contribution in [2.45, 2.75) is 64.6 Å². The van der Waals surface area contributed by atoms with Crippen molar-refractivity contribution in [3.05, 3.63) is 77.9 Å². The van der Waals surface area contributed by atoms with Gasteiger partial charge in [-0.15, -0.1) is 0 Å². The zero-order valence-corrected chi connectivity index (χ0v) is 25.8. The summed E-state index contributed by atoms with van der Waals surface area (Å²) in [6.45, 7) is 7.02. The molecule has 3 aliphatic rings. The number of allylic oxidation sites excluding steroid dienone is 4. The monoisotopic (exact) mass is 604 g/mol. The van der Waals surface area contributed by atoms with Gasteiger partial charge in [0.05, 0.1) is 31.2 Å². The summed E-state index contributed by atoms with van der Waals surface area (Å²) in [5, 5.41) is 0. The number of hydrogen-bond acceptors (Lipinski definition) is 10. The van der Waals surface area contributed by atoms with Gasteiger partial charge in [0.25, 0.3) is 0 Å². The Labute approximate surface area is 257 Å². The van der Waals surface area contributed by atoms with Gasteiger partial charge in [0.15, 0.2) is 6.26 Å². The van der Waals surface area contributed by atoms with Crippen molar-refractivity contribution in [3.63, 3.8) is 0 Å². The first-order chi connectivity index (χ1) is 21.2. The third-order valence-corrected chi connectivity index (χ3v) is 7.33. The van der Waals surface area contributed by atoms with Crippen molar-refractivity contribution in [1.29, 1.82) is 0 Å². The van der Waals surface area contributed by atoms with E-state index >= 15 is 0 Å². The molecule has 0 N–H and O–H groups in total. The van der Waals surface area contributed by atoms with E-state index in [4.69, 9.17) is 23.7 Å². The van der Waals surface area contributed by atoms with Crippen molar-refractivity contribution < 1.29 is 33.3 Å². The highest BCUT2D eigenvalue weighted by molar-refractivity contribution is 5.78. The number of esters is 1. The average molecular weight is 605 g/mol. The molecule has 5 rings (SSSR count). The minimum atomic E-state index is -0.598. The summed E-state index contributed by atoms with van der Waals surface area (Å²) in [4.78, 5) is 38.1. The van der Waals surface area contributed by atoms with E-state index in [9.17, 15) is 9.59 Å². The van der Waals surface area contributed by atoms with Gasteiger partial charge in [-0.1, -0.05) is 23.8 Å². The lowest BCUT2D eigenvalue weighted by atomic mass is 10.0. The van der Waals surface area contributed by atoms with Crippen LogP contribution in [0.2, 0.25) is 0 Å². The van der Waals surface area contributed by atoms with Gasteiger partial charge >= 0.3 is 12.1 Å². The Morgan fingerprint density at radius 3 is 2.82 bits per heavy atom. The summed E-state index contributed by atoms with van der Waals surface area (Å²) >= 11 is 0. The molecule has 0 radical (unpaired) electrons. The molecule has 0 bridgehead atoms. The van der Waals surface area contributed by atoms with Crippen LogP contribution in [0.15, 0.2) is 72.4 Å². The standard InChI is InChI=1S/C33H40N4O7/c1-33(2,3)44-30(38)20-36(16-13-24-12-15-34-27-10-11-28(40-4)35-31(24)27)17-14-25-19-37(32(39)43-25)29-22-41-21-26(42-29)18-23-8-6-5-7-9-23/h5-6,8,10-12,15,21-22,25H,7,9,13-14,16-20H2,1-4H3. The maximum Gasteiger partial charge on any atom is 0.417 e. The van der Waals surface area contributed by atoms with E-state index in [1.54, 1.807) is 25.6 Å². The zero-order valence-electron chi connectivity index (χ0n) is 25.8.